The van der Waals surface area contributed by atoms with Crippen molar-refractivity contribution in [3.8, 4) is 0 Å². The van der Waals surface area contributed by atoms with E-state index in [2.05, 4.69) is 15.3 Å². The molecule has 2 aromatic rings. The number of halogens is 3. The second-order valence-corrected chi connectivity index (χ2v) is 5.96. The second-order valence-electron chi connectivity index (χ2n) is 5.96. The Morgan fingerprint density at radius 2 is 1.92 bits per heavy atom. The van der Waals surface area contributed by atoms with Gasteiger partial charge in [-0.05, 0) is 36.6 Å². The number of alkyl halides is 3. The lowest BCUT2D eigenvalue weighted by Crippen LogP contribution is -2.30. The third kappa shape index (κ3) is 4.46. The summed E-state index contributed by atoms with van der Waals surface area (Å²) in [4.78, 5) is 20.8. The van der Waals surface area contributed by atoms with E-state index in [0.717, 1.165) is 30.7 Å². The molecule has 0 spiro atoms. The number of hydrogen-bond donors (Lipinski definition) is 1. The van der Waals surface area contributed by atoms with Crippen molar-refractivity contribution in [2.24, 2.45) is 0 Å². The minimum atomic E-state index is -4.51. The van der Waals surface area contributed by atoms with Crippen LogP contribution in [-0.2, 0) is 17.5 Å². The molecular formula is C17H17F3N4O. The van der Waals surface area contributed by atoms with Crippen LogP contribution < -0.4 is 5.32 Å². The molecular weight excluding hydrogens is 333 g/mol. The minimum Gasteiger partial charge on any atom is -0.336 e. The summed E-state index contributed by atoms with van der Waals surface area (Å²) in [6, 6.07) is 8.26. The van der Waals surface area contributed by atoms with Gasteiger partial charge < -0.3 is 10.2 Å². The van der Waals surface area contributed by atoms with Gasteiger partial charge in [0.25, 0.3) is 0 Å². The van der Waals surface area contributed by atoms with Crippen molar-refractivity contribution >= 4 is 17.5 Å². The summed E-state index contributed by atoms with van der Waals surface area (Å²) in [6.07, 6.45) is -1.38. The van der Waals surface area contributed by atoms with E-state index in [4.69, 9.17) is 0 Å². The Hall–Kier alpha value is -2.64. The molecule has 1 saturated carbocycles. The van der Waals surface area contributed by atoms with Gasteiger partial charge in [0, 0.05) is 31.4 Å². The Morgan fingerprint density at radius 1 is 1.24 bits per heavy atom. The van der Waals surface area contributed by atoms with Gasteiger partial charge in [0.15, 0.2) is 0 Å². The van der Waals surface area contributed by atoms with Crippen LogP contribution in [0.1, 0.15) is 31.0 Å². The molecule has 1 aromatic carbocycles. The summed E-state index contributed by atoms with van der Waals surface area (Å²) in [5.74, 6) is -0.0759. The fourth-order valence-electron chi connectivity index (χ4n) is 2.48. The topological polar surface area (TPSA) is 58.1 Å². The van der Waals surface area contributed by atoms with Gasteiger partial charge in [-0.25, -0.2) is 9.97 Å². The summed E-state index contributed by atoms with van der Waals surface area (Å²) in [7, 11) is 0. The molecule has 3 rings (SSSR count). The predicted molar refractivity (Wildman–Crippen MR) is 86.0 cm³/mol. The maximum atomic E-state index is 12.7. The molecule has 5 nitrogen and oxygen atoms in total. The summed E-state index contributed by atoms with van der Waals surface area (Å²) in [5.41, 5.74) is 0.532. The second kappa shape index (κ2) is 6.70. The number of amides is 1. The highest BCUT2D eigenvalue weighted by atomic mass is 19.4. The van der Waals surface area contributed by atoms with Gasteiger partial charge in [0.2, 0.25) is 11.9 Å². The number of anilines is 2. The number of carbonyl (C=O) groups is 1. The average Bonchev–Trinajstić information content (AvgIpc) is 3.38. The zero-order valence-electron chi connectivity index (χ0n) is 13.5. The molecule has 0 saturated heterocycles. The zero-order chi connectivity index (χ0) is 18.0. The summed E-state index contributed by atoms with van der Waals surface area (Å²) in [6.45, 7) is 2.08. The van der Waals surface area contributed by atoms with Crippen molar-refractivity contribution in [1.29, 1.82) is 0 Å². The van der Waals surface area contributed by atoms with Crippen molar-refractivity contribution in [2.75, 3.05) is 5.32 Å². The molecule has 1 amide bonds. The number of nitrogens with zero attached hydrogens (tertiary/aromatic N) is 3. The maximum absolute atomic E-state index is 12.7. The van der Waals surface area contributed by atoms with Crippen LogP contribution in [0.15, 0.2) is 36.5 Å². The van der Waals surface area contributed by atoms with E-state index in [1.54, 1.807) is 19.1 Å². The fourth-order valence-corrected chi connectivity index (χ4v) is 2.48. The van der Waals surface area contributed by atoms with Crippen molar-refractivity contribution in [2.45, 2.75) is 38.5 Å². The highest BCUT2D eigenvalue weighted by Crippen LogP contribution is 2.29. The lowest BCUT2D eigenvalue weighted by Gasteiger charge is -2.20. The number of aromatic nitrogens is 2. The molecule has 0 unspecified atom stereocenters. The molecule has 132 valence electrons. The molecule has 1 aliphatic rings. The average molecular weight is 350 g/mol. The van der Waals surface area contributed by atoms with Crippen LogP contribution in [0.25, 0.3) is 0 Å². The lowest BCUT2D eigenvalue weighted by molar-refractivity contribution is -0.141. The molecule has 0 aliphatic heterocycles. The summed E-state index contributed by atoms with van der Waals surface area (Å²) < 4.78 is 38.0. The van der Waals surface area contributed by atoms with Gasteiger partial charge in [-0.1, -0.05) is 12.1 Å². The van der Waals surface area contributed by atoms with Gasteiger partial charge in [-0.3, -0.25) is 4.79 Å². The summed E-state index contributed by atoms with van der Waals surface area (Å²) >= 11 is 0. The number of carbonyl (C=O) groups excluding carboxylic acids is 1. The first kappa shape index (κ1) is 17.2. The maximum Gasteiger partial charge on any atom is 0.433 e. The lowest BCUT2D eigenvalue weighted by atomic mass is 10.2. The Balaban J connectivity index is 1.67. The van der Waals surface area contributed by atoms with Crippen molar-refractivity contribution in [3.05, 3.63) is 47.8 Å². The van der Waals surface area contributed by atoms with Crippen LogP contribution in [0.2, 0.25) is 0 Å². The number of nitrogens with one attached hydrogen (secondary N) is 1. The zero-order valence-corrected chi connectivity index (χ0v) is 13.5. The quantitative estimate of drug-likeness (QED) is 0.892. The first-order valence-electron chi connectivity index (χ1n) is 7.86. The molecule has 1 aliphatic carbocycles. The van der Waals surface area contributed by atoms with Crippen LogP contribution in [-0.4, -0.2) is 26.8 Å². The van der Waals surface area contributed by atoms with Crippen LogP contribution in [0.3, 0.4) is 0 Å². The minimum absolute atomic E-state index is 0.0436. The van der Waals surface area contributed by atoms with Crippen LogP contribution in [0.5, 0.6) is 0 Å². The standard InChI is InChI=1S/C17H17F3N4O/c1-11(25)24(14-6-7-14)10-12-2-4-13(5-3-12)22-16-21-9-8-15(23-16)17(18,19)20/h2-5,8-9,14H,6-7,10H2,1H3,(H,21,22,23). The fraction of sp³-hybridized carbons (Fsp3) is 0.353. The largest absolute Gasteiger partial charge is 0.433 e. The Bertz CT molecular complexity index is 757. The van der Waals surface area contributed by atoms with E-state index in [9.17, 15) is 18.0 Å². The van der Waals surface area contributed by atoms with E-state index in [1.165, 1.54) is 0 Å². The molecule has 0 radical (unpaired) electrons. The Morgan fingerprint density at radius 3 is 2.48 bits per heavy atom. The van der Waals surface area contributed by atoms with Gasteiger partial charge in [0.1, 0.15) is 5.69 Å². The van der Waals surface area contributed by atoms with Crippen LogP contribution in [0.4, 0.5) is 24.8 Å². The predicted octanol–water partition coefficient (Wildman–Crippen LogP) is 3.75. The van der Waals surface area contributed by atoms with E-state index < -0.39 is 11.9 Å². The van der Waals surface area contributed by atoms with E-state index in [0.29, 0.717) is 18.3 Å². The van der Waals surface area contributed by atoms with Crippen molar-refractivity contribution < 1.29 is 18.0 Å². The third-order valence-electron chi connectivity index (χ3n) is 3.90. The molecule has 0 bridgehead atoms. The first-order chi connectivity index (χ1) is 11.8. The van der Waals surface area contributed by atoms with E-state index in [1.807, 2.05) is 17.0 Å². The van der Waals surface area contributed by atoms with Crippen LogP contribution in [0, 0.1) is 0 Å². The Labute approximate surface area is 142 Å². The normalized spacial score (nSPS) is 14.2. The molecule has 0 atom stereocenters. The molecule has 1 heterocycles. The molecule has 1 aromatic heterocycles. The third-order valence-corrected chi connectivity index (χ3v) is 3.90. The van der Waals surface area contributed by atoms with Crippen molar-refractivity contribution in [1.82, 2.24) is 14.9 Å². The van der Waals surface area contributed by atoms with Gasteiger partial charge >= 0.3 is 6.18 Å². The van der Waals surface area contributed by atoms with Gasteiger partial charge in [-0.2, -0.15) is 13.2 Å². The summed E-state index contributed by atoms with van der Waals surface area (Å²) in [5, 5.41) is 2.75. The highest BCUT2D eigenvalue weighted by Gasteiger charge is 2.33. The van der Waals surface area contributed by atoms with E-state index >= 15 is 0 Å². The number of hydrogen-bond acceptors (Lipinski definition) is 4. The molecule has 8 heteroatoms. The van der Waals surface area contributed by atoms with Crippen LogP contribution >= 0.6 is 0 Å². The smallest absolute Gasteiger partial charge is 0.336 e. The van der Waals surface area contributed by atoms with E-state index in [-0.39, 0.29) is 11.9 Å². The van der Waals surface area contributed by atoms with Gasteiger partial charge in [0.05, 0.1) is 0 Å². The number of rotatable bonds is 5. The SMILES string of the molecule is CC(=O)N(Cc1ccc(Nc2nccc(C(F)(F)F)n2)cc1)C1CC1. The first-order valence-corrected chi connectivity index (χ1v) is 7.86. The Kier molecular flexibility index (Phi) is 4.61. The highest BCUT2D eigenvalue weighted by molar-refractivity contribution is 5.74. The van der Waals surface area contributed by atoms with Gasteiger partial charge in [-0.15, -0.1) is 0 Å². The molecule has 25 heavy (non-hydrogen) atoms. The monoisotopic (exact) mass is 350 g/mol. The molecule has 1 fully saturated rings. The molecule has 1 N–H and O–H groups in total. The number of benzene rings is 1. The van der Waals surface area contributed by atoms with Crippen molar-refractivity contribution in [3.63, 3.8) is 0 Å².